The lowest BCUT2D eigenvalue weighted by Gasteiger charge is -2.35. The van der Waals surface area contributed by atoms with Crippen LogP contribution in [0.25, 0.3) is 0 Å². The van der Waals surface area contributed by atoms with Gasteiger partial charge in [0, 0.05) is 19.3 Å². The second-order valence-electron chi connectivity index (χ2n) is 6.17. The molecule has 1 aliphatic rings. The molecule has 0 spiro atoms. The summed E-state index contributed by atoms with van der Waals surface area (Å²) in [4.78, 5) is 25.6. The molecule has 0 aromatic carbocycles. The molecule has 0 unspecified atom stereocenters. The van der Waals surface area contributed by atoms with E-state index in [0.29, 0.717) is 18.7 Å². The summed E-state index contributed by atoms with van der Waals surface area (Å²) in [6, 6.07) is -0.461. The van der Waals surface area contributed by atoms with Crippen molar-refractivity contribution in [1.82, 2.24) is 10.2 Å². The van der Waals surface area contributed by atoms with Crippen LogP contribution >= 0.6 is 11.8 Å². The monoisotopic (exact) mass is 288 g/mol. The summed E-state index contributed by atoms with van der Waals surface area (Å²) >= 11 is 1.50. The molecule has 0 radical (unpaired) electrons. The first-order chi connectivity index (χ1) is 8.53. The van der Waals surface area contributed by atoms with Gasteiger partial charge in [0.2, 0.25) is 11.8 Å². The van der Waals surface area contributed by atoms with Crippen LogP contribution < -0.4 is 5.32 Å². The molecule has 1 rings (SSSR count). The molecule has 0 aromatic rings. The van der Waals surface area contributed by atoms with Gasteiger partial charge in [0.05, 0.1) is 10.3 Å². The van der Waals surface area contributed by atoms with Crippen molar-refractivity contribution in [3.05, 3.63) is 0 Å². The molecule has 1 atom stereocenters. The summed E-state index contributed by atoms with van der Waals surface area (Å²) < 4.78 is -0.470. The molecule has 1 fully saturated rings. The zero-order chi connectivity index (χ0) is 14.8. The molecule has 5 nitrogen and oxygen atoms in total. The standard InChI is InChI=1S/C13H24N2O3S/c1-12(2,18)6-7-15(5)10(16)9-8-19-13(3,4)11(17)14-9/h9,18H,6-8H2,1-5H3,(H,14,17)/t9-/m1/s1. The predicted molar refractivity (Wildman–Crippen MR) is 77.0 cm³/mol. The SMILES string of the molecule is CN(CCC(C)(C)O)C(=O)[C@H]1CSC(C)(C)C(=O)N1. The van der Waals surface area contributed by atoms with Crippen molar-refractivity contribution in [3.63, 3.8) is 0 Å². The minimum Gasteiger partial charge on any atom is -0.390 e. The van der Waals surface area contributed by atoms with E-state index in [4.69, 9.17) is 0 Å². The van der Waals surface area contributed by atoms with E-state index in [0.717, 1.165) is 0 Å². The molecule has 1 heterocycles. The Bertz CT molecular complexity index is 363. The van der Waals surface area contributed by atoms with Crippen molar-refractivity contribution in [2.75, 3.05) is 19.3 Å². The van der Waals surface area contributed by atoms with Crippen molar-refractivity contribution in [1.29, 1.82) is 0 Å². The largest absolute Gasteiger partial charge is 0.390 e. The number of amides is 2. The number of hydrogen-bond acceptors (Lipinski definition) is 4. The first-order valence-corrected chi connectivity index (χ1v) is 7.44. The van der Waals surface area contributed by atoms with Crippen LogP contribution in [0.1, 0.15) is 34.1 Å². The summed E-state index contributed by atoms with van der Waals surface area (Å²) in [5, 5.41) is 12.4. The van der Waals surface area contributed by atoms with Crippen LogP contribution in [0.4, 0.5) is 0 Å². The summed E-state index contributed by atoms with van der Waals surface area (Å²) in [5.74, 6) is 0.392. The van der Waals surface area contributed by atoms with Gasteiger partial charge in [-0.25, -0.2) is 0 Å². The second kappa shape index (κ2) is 5.71. The fraction of sp³-hybridized carbons (Fsp3) is 0.846. The maximum Gasteiger partial charge on any atom is 0.245 e. The Morgan fingerprint density at radius 1 is 1.58 bits per heavy atom. The van der Waals surface area contributed by atoms with E-state index in [2.05, 4.69) is 5.32 Å². The maximum atomic E-state index is 12.2. The van der Waals surface area contributed by atoms with Crippen molar-refractivity contribution >= 4 is 23.6 Å². The Kier molecular flexibility index (Phi) is 4.90. The molecule has 1 saturated heterocycles. The van der Waals surface area contributed by atoms with E-state index in [9.17, 15) is 14.7 Å². The zero-order valence-electron chi connectivity index (χ0n) is 12.3. The molecule has 0 aromatic heterocycles. The minimum absolute atomic E-state index is 0.0967. The average molecular weight is 288 g/mol. The van der Waals surface area contributed by atoms with Gasteiger partial charge in [-0.05, 0) is 34.1 Å². The van der Waals surface area contributed by atoms with E-state index in [1.807, 2.05) is 13.8 Å². The second-order valence-corrected chi connectivity index (χ2v) is 7.81. The van der Waals surface area contributed by atoms with Crippen LogP contribution in [0.3, 0.4) is 0 Å². The van der Waals surface area contributed by atoms with Crippen LogP contribution in [0.2, 0.25) is 0 Å². The van der Waals surface area contributed by atoms with Crippen LogP contribution in [0, 0.1) is 0 Å². The topological polar surface area (TPSA) is 69.6 Å². The zero-order valence-corrected chi connectivity index (χ0v) is 13.1. The molecule has 0 bridgehead atoms. The van der Waals surface area contributed by atoms with Gasteiger partial charge in [0.1, 0.15) is 6.04 Å². The number of nitrogens with zero attached hydrogens (tertiary/aromatic N) is 1. The molecular formula is C13H24N2O3S. The van der Waals surface area contributed by atoms with Gasteiger partial charge >= 0.3 is 0 Å². The number of rotatable bonds is 4. The van der Waals surface area contributed by atoms with Crippen molar-refractivity contribution in [2.24, 2.45) is 0 Å². The van der Waals surface area contributed by atoms with Crippen LogP contribution in [0.5, 0.6) is 0 Å². The van der Waals surface area contributed by atoms with Crippen molar-refractivity contribution in [3.8, 4) is 0 Å². The Balaban J connectivity index is 2.52. The Morgan fingerprint density at radius 3 is 2.63 bits per heavy atom. The summed E-state index contributed by atoms with van der Waals surface area (Å²) in [5.41, 5.74) is -0.791. The lowest BCUT2D eigenvalue weighted by atomic mass is 10.1. The Morgan fingerprint density at radius 2 is 2.16 bits per heavy atom. The third kappa shape index (κ3) is 4.69. The Hall–Kier alpha value is -0.750. The number of aliphatic hydroxyl groups is 1. The molecular weight excluding hydrogens is 264 g/mol. The molecule has 0 saturated carbocycles. The summed E-state index contributed by atoms with van der Waals surface area (Å²) in [6.45, 7) is 7.61. The highest BCUT2D eigenvalue weighted by atomic mass is 32.2. The van der Waals surface area contributed by atoms with E-state index in [1.54, 1.807) is 25.8 Å². The molecule has 2 N–H and O–H groups in total. The lowest BCUT2D eigenvalue weighted by Crippen LogP contribution is -2.57. The highest BCUT2D eigenvalue weighted by Crippen LogP contribution is 2.29. The van der Waals surface area contributed by atoms with Crippen molar-refractivity contribution < 1.29 is 14.7 Å². The highest BCUT2D eigenvalue weighted by Gasteiger charge is 2.38. The van der Waals surface area contributed by atoms with Gasteiger partial charge in [-0.15, -0.1) is 11.8 Å². The molecule has 1 aliphatic heterocycles. The molecule has 110 valence electrons. The third-order valence-corrected chi connectivity index (χ3v) is 4.60. The fourth-order valence-corrected chi connectivity index (χ4v) is 2.68. The van der Waals surface area contributed by atoms with Gasteiger partial charge in [-0.2, -0.15) is 0 Å². The van der Waals surface area contributed by atoms with E-state index < -0.39 is 16.4 Å². The maximum absolute atomic E-state index is 12.2. The van der Waals surface area contributed by atoms with Gasteiger partial charge in [0.25, 0.3) is 0 Å². The average Bonchev–Trinajstić information content (AvgIpc) is 2.27. The molecule has 6 heteroatoms. The van der Waals surface area contributed by atoms with E-state index in [1.165, 1.54) is 11.8 Å². The van der Waals surface area contributed by atoms with E-state index >= 15 is 0 Å². The van der Waals surface area contributed by atoms with Gasteiger partial charge in [0.15, 0.2) is 0 Å². The quantitative estimate of drug-likeness (QED) is 0.795. The van der Waals surface area contributed by atoms with Crippen LogP contribution in [-0.4, -0.2) is 57.6 Å². The van der Waals surface area contributed by atoms with Crippen LogP contribution in [0.15, 0.2) is 0 Å². The minimum atomic E-state index is -0.791. The Labute approximate surface area is 119 Å². The number of carbonyl (C=O) groups is 2. The fourth-order valence-electron chi connectivity index (χ4n) is 1.68. The normalized spacial score (nSPS) is 22.8. The molecule has 2 amide bonds. The first kappa shape index (κ1) is 16.3. The molecule has 0 aliphatic carbocycles. The number of likely N-dealkylation sites (N-methyl/N-ethyl adjacent to an activating group) is 1. The summed E-state index contributed by atoms with van der Waals surface area (Å²) in [6.07, 6.45) is 0.508. The van der Waals surface area contributed by atoms with Gasteiger partial charge < -0.3 is 15.3 Å². The highest BCUT2D eigenvalue weighted by molar-refractivity contribution is 8.01. The van der Waals surface area contributed by atoms with Gasteiger partial charge in [-0.1, -0.05) is 0 Å². The predicted octanol–water partition coefficient (Wildman–Crippen LogP) is 0.616. The number of nitrogens with one attached hydrogen (secondary N) is 1. The van der Waals surface area contributed by atoms with Crippen LogP contribution in [-0.2, 0) is 9.59 Å². The first-order valence-electron chi connectivity index (χ1n) is 6.45. The summed E-state index contributed by atoms with van der Waals surface area (Å²) in [7, 11) is 1.70. The lowest BCUT2D eigenvalue weighted by molar-refractivity contribution is -0.136. The number of hydrogen-bond donors (Lipinski definition) is 2. The third-order valence-electron chi connectivity index (χ3n) is 3.20. The smallest absolute Gasteiger partial charge is 0.245 e. The van der Waals surface area contributed by atoms with Gasteiger partial charge in [-0.3, -0.25) is 9.59 Å². The number of thioether (sulfide) groups is 1. The molecule has 19 heavy (non-hydrogen) atoms. The van der Waals surface area contributed by atoms with Crippen molar-refractivity contribution in [2.45, 2.75) is 50.5 Å². The van der Waals surface area contributed by atoms with E-state index in [-0.39, 0.29) is 11.8 Å². The number of carbonyl (C=O) groups excluding carboxylic acids is 2.